The molecule has 2 aromatic carbocycles. The summed E-state index contributed by atoms with van der Waals surface area (Å²) in [6, 6.07) is 12.3. The van der Waals surface area contributed by atoms with Crippen molar-refractivity contribution in [1.82, 2.24) is 15.5 Å². The number of benzene rings is 2. The molecule has 0 aliphatic heterocycles. The normalized spacial score (nSPS) is 12.0. The van der Waals surface area contributed by atoms with Crippen LogP contribution in [-0.4, -0.2) is 27.8 Å². The van der Waals surface area contributed by atoms with Gasteiger partial charge in [0.1, 0.15) is 5.82 Å². The summed E-state index contributed by atoms with van der Waals surface area (Å²) in [6.45, 7) is -0.291. The molecule has 1 heterocycles. The Labute approximate surface area is 148 Å². The molecule has 0 spiro atoms. The third-order valence-corrected chi connectivity index (χ3v) is 4.04. The van der Waals surface area contributed by atoms with Crippen LogP contribution in [0.25, 0.3) is 11.3 Å². The van der Waals surface area contributed by atoms with Gasteiger partial charge in [0, 0.05) is 10.6 Å². The van der Waals surface area contributed by atoms with E-state index < -0.39 is 17.8 Å². The van der Waals surface area contributed by atoms with Crippen LogP contribution in [0.15, 0.2) is 54.7 Å². The topological polar surface area (TPSA) is 78.0 Å². The van der Waals surface area contributed by atoms with Crippen molar-refractivity contribution in [3.8, 4) is 11.3 Å². The second kappa shape index (κ2) is 7.46. The van der Waals surface area contributed by atoms with Crippen molar-refractivity contribution in [3.63, 3.8) is 0 Å². The molecule has 0 aliphatic carbocycles. The molecule has 128 valence electrons. The molecule has 0 aliphatic rings. The Hall–Kier alpha value is -2.70. The van der Waals surface area contributed by atoms with Crippen molar-refractivity contribution in [1.29, 1.82) is 0 Å². The molecule has 0 saturated heterocycles. The predicted molar refractivity (Wildman–Crippen MR) is 92.7 cm³/mol. The van der Waals surface area contributed by atoms with E-state index in [0.29, 0.717) is 10.6 Å². The first kappa shape index (κ1) is 17.1. The molecule has 0 fully saturated rings. The van der Waals surface area contributed by atoms with Crippen LogP contribution in [-0.2, 0) is 0 Å². The van der Waals surface area contributed by atoms with Crippen molar-refractivity contribution in [3.05, 3.63) is 76.7 Å². The molecule has 1 amide bonds. The number of aliphatic hydroxyl groups excluding tert-OH is 1. The van der Waals surface area contributed by atoms with E-state index >= 15 is 0 Å². The van der Waals surface area contributed by atoms with E-state index in [1.165, 1.54) is 12.3 Å². The Bertz CT molecular complexity index is 880. The van der Waals surface area contributed by atoms with Gasteiger partial charge in [0.25, 0.3) is 5.91 Å². The molecule has 5 nitrogen and oxygen atoms in total. The molecule has 0 radical (unpaired) electrons. The second-order valence-electron chi connectivity index (χ2n) is 5.40. The molecule has 1 atom stereocenters. The number of hydrogen-bond acceptors (Lipinski definition) is 3. The lowest BCUT2D eigenvalue weighted by molar-refractivity contribution is 0.0917. The number of H-pyrrole nitrogens is 1. The number of carbonyl (C=O) groups is 1. The van der Waals surface area contributed by atoms with E-state index in [0.717, 1.165) is 0 Å². The first-order valence-electron chi connectivity index (χ1n) is 7.55. The molecule has 3 aromatic rings. The van der Waals surface area contributed by atoms with E-state index in [4.69, 9.17) is 11.6 Å². The molecule has 3 rings (SSSR count). The van der Waals surface area contributed by atoms with Crippen LogP contribution >= 0.6 is 11.6 Å². The third kappa shape index (κ3) is 3.70. The van der Waals surface area contributed by atoms with Gasteiger partial charge >= 0.3 is 0 Å². The predicted octanol–water partition coefficient (Wildman–Crippen LogP) is 3.33. The van der Waals surface area contributed by atoms with E-state index in [1.54, 1.807) is 42.5 Å². The molecule has 3 N–H and O–H groups in total. The maximum absolute atomic E-state index is 14.0. The minimum absolute atomic E-state index is 0.192. The first-order valence-corrected chi connectivity index (χ1v) is 7.93. The van der Waals surface area contributed by atoms with Crippen LogP contribution in [0.3, 0.4) is 0 Å². The standard InChI is InChI=1S/C18H15ClFN3O2/c19-12-7-5-11(6-8-12)16(10-24)22-18(25)14-9-21-23-17(14)13-3-1-2-4-15(13)20/h1-9,16,24H,10H2,(H,21,23)(H,22,25)/t16-/m0/s1. The number of amides is 1. The molecular weight excluding hydrogens is 345 g/mol. The van der Waals surface area contributed by atoms with Gasteiger partial charge in [-0.15, -0.1) is 0 Å². The van der Waals surface area contributed by atoms with E-state index in [1.807, 2.05) is 0 Å². The van der Waals surface area contributed by atoms with Gasteiger partial charge in [-0.2, -0.15) is 5.10 Å². The number of rotatable bonds is 5. The Morgan fingerprint density at radius 2 is 1.96 bits per heavy atom. The van der Waals surface area contributed by atoms with Gasteiger partial charge in [-0.05, 0) is 29.8 Å². The molecule has 0 bridgehead atoms. The van der Waals surface area contributed by atoms with Gasteiger partial charge in [0.05, 0.1) is 30.1 Å². The van der Waals surface area contributed by atoms with Crippen molar-refractivity contribution in [2.75, 3.05) is 6.61 Å². The lowest BCUT2D eigenvalue weighted by Crippen LogP contribution is -2.30. The maximum Gasteiger partial charge on any atom is 0.255 e. The van der Waals surface area contributed by atoms with Crippen LogP contribution < -0.4 is 5.32 Å². The summed E-state index contributed by atoms with van der Waals surface area (Å²) >= 11 is 5.85. The van der Waals surface area contributed by atoms with Crippen LogP contribution in [0.2, 0.25) is 5.02 Å². The fourth-order valence-electron chi connectivity index (χ4n) is 2.49. The number of halogens is 2. The summed E-state index contributed by atoms with van der Waals surface area (Å²) in [5, 5.41) is 19.4. The zero-order valence-electron chi connectivity index (χ0n) is 13.0. The molecule has 7 heteroatoms. The summed E-state index contributed by atoms with van der Waals surface area (Å²) in [5.41, 5.74) is 1.43. The number of aromatic amines is 1. The average Bonchev–Trinajstić information content (AvgIpc) is 3.10. The van der Waals surface area contributed by atoms with Crippen molar-refractivity contribution in [2.24, 2.45) is 0 Å². The van der Waals surface area contributed by atoms with Gasteiger partial charge in [0.15, 0.2) is 0 Å². The molecule has 1 aromatic heterocycles. The van der Waals surface area contributed by atoms with Crippen LogP contribution in [0.4, 0.5) is 4.39 Å². The maximum atomic E-state index is 14.0. The Morgan fingerprint density at radius 3 is 2.64 bits per heavy atom. The van der Waals surface area contributed by atoms with Gasteiger partial charge < -0.3 is 10.4 Å². The minimum Gasteiger partial charge on any atom is -0.394 e. The quantitative estimate of drug-likeness (QED) is 0.654. The summed E-state index contributed by atoms with van der Waals surface area (Å²) in [4.78, 5) is 12.6. The largest absolute Gasteiger partial charge is 0.394 e. The second-order valence-corrected chi connectivity index (χ2v) is 5.84. The Kier molecular flexibility index (Phi) is 5.11. The van der Waals surface area contributed by atoms with Gasteiger partial charge in [-0.1, -0.05) is 35.9 Å². The van der Waals surface area contributed by atoms with Crippen LogP contribution in [0, 0.1) is 5.82 Å². The highest BCUT2D eigenvalue weighted by Crippen LogP contribution is 2.24. The smallest absolute Gasteiger partial charge is 0.255 e. The van der Waals surface area contributed by atoms with Crippen LogP contribution in [0.1, 0.15) is 22.0 Å². The van der Waals surface area contributed by atoms with Crippen molar-refractivity contribution < 1.29 is 14.3 Å². The molecular formula is C18H15ClFN3O2. The van der Waals surface area contributed by atoms with E-state index in [-0.39, 0.29) is 23.4 Å². The molecule has 0 unspecified atom stereocenters. The summed E-state index contributed by atoms with van der Waals surface area (Å²) < 4.78 is 14.0. The number of hydrogen-bond donors (Lipinski definition) is 3. The lowest BCUT2D eigenvalue weighted by Gasteiger charge is -2.17. The highest BCUT2D eigenvalue weighted by Gasteiger charge is 2.21. The van der Waals surface area contributed by atoms with Gasteiger partial charge in [-0.3, -0.25) is 9.89 Å². The van der Waals surface area contributed by atoms with E-state index in [2.05, 4.69) is 15.5 Å². The summed E-state index contributed by atoms with van der Waals surface area (Å²) in [6.07, 6.45) is 1.33. The number of nitrogens with zero attached hydrogens (tertiary/aromatic N) is 1. The lowest BCUT2D eigenvalue weighted by atomic mass is 10.0. The summed E-state index contributed by atoms with van der Waals surface area (Å²) in [5.74, 6) is -0.932. The zero-order chi connectivity index (χ0) is 17.8. The zero-order valence-corrected chi connectivity index (χ0v) is 13.8. The van der Waals surface area contributed by atoms with Crippen molar-refractivity contribution in [2.45, 2.75) is 6.04 Å². The minimum atomic E-state index is -0.617. The monoisotopic (exact) mass is 359 g/mol. The number of carbonyl (C=O) groups excluding carboxylic acids is 1. The van der Waals surface area contributed by atoms with Crippen molar-refractivity contribution >= 4 is 17.5 Å². The third-order valence-electron chi connectivity index (χ3n) is 3.79. The Balaban J connectivity index is 1.86. The summed E-state index contributed by atoms with van der Waals surface area (Å²) in [7, 11) is 0. The number of nitrogens with one attached hydrogen (secondary N) is 2. The highest BCUT2D eigenvalue weighted by molar-refractivity contribution is 6.30. The van der Waals surface area contributed by atoms with Crippen LogP contribution in [0.5, 0.6) is 0 Å². The first-order chi connectivity index (χ1) is 12.1. The fraction of sp³-hybridized carbons (Fsp3) is 0.111. The number of aromatic nitrogens is 2. The SMILES string of the molecule is O=C(N[C@@H](CO)c1ccc(Cl)cc1)c1cn[nH]c1-c1ccccc1F. The Morgan fingerprint density at radius 1 is 1.24 bits per heavy atom. The molecule has 0 saturated carbocycles. The average molecular weight is 360 g/mol. The fourth-order valence-corrected chi connectivity index (χ4v) is 2.62. The molecule has 25 heavy (non-hydrogen) atoms. The van der Waals surface area contributed by atoms with E-state index in [9.17, 15) is 14.3 Å². The van der Waals surface area contributed by atoms with Gasteiger partial charge in [0.2, 0.25) is 0 Å². The van der Waals surface area contributed by atoms with Gasteiger partial charge in [-0.25, -0.2) is 4.39 Å². The number of aliphatic hydroxyl groups is 1. The highest BCUT2D eigenvalue weighted by atomic mass is 35.5.